The molecule has 1 fully saturated rings. The fraction of sp³-hybridized carbons (Fsp3) is 0.381. The zero-order chi connectivity index (χ0) is 20.4. The summed E-state index contributed by atoms with van der Waals surface area (Å²) in [4.78, 5) is 9.03. The van der Waals surface area contributed by atoms with Gasteiger partial charge in [0.05, 0.1) is 12.0 Å². The van der Waals surface area contributed by atoms with Gasteiger partial charge in [-0.25, -0.2) is 4.98 Å². The Morgan fingerprint density at radius 1 is 1.28 bits per heavy atom. The largest absolute Gasteiger partial charge is 0.555 e. The lowest BCUT2D eigenvalue weighted by Gasteiger charge is -2.28. The van der Waals surface area contributed by atoms with E-state index in [1.54, 1.807) is 6.20 Å². The molecule has 0 saturated heterocycles. The third-order valence-electron chi connectivity index (χ3n) is 5.50. The molecule has 0 amide bonds. The number of hydrogen-bond donors (Lipinski definition) is 3. The number of nitriles is 1. The molecule has 0 radical (unpaired) electrons. The van der Waals surface area contributed by atoms with E-state index < -0.39 is 7.12 Å². The van der Waals surface area contributed by atoms with E-state index in [0.29, 0.717) is 11.7 Å². The maximum Gasteiger partial charge on any atom is 0.555 e. The average Bonchev–Trinajstić information content (AvgIpc) is 2.72. The summed E-state index contributed by atoms with van der Waals surface area (Å²) < 4.78 is 5.48. The van der Waals surface area contributed by atoms with Gasteiger partial charge in [-0.05, 0) is 50.4 Å². The average molecular weight is 389 g/mol. The van der Waals surface area contributed by atoms with Crippen LogP contribution in [0, 0.1) is 24.2 Å². The lowest BCUT2D eigenvalue weighted by Crippen LogP contribution is -2.32. The van der Waals surface area contributed by atoms with Gasteiger partial charge in [0.2, 0.25) is 5.95 Å². The van der Waals surface area contributed by atoms with Crippen molar-refractivity contribution in [2.45, 2.75) is 45.6 Å². The van der Waals surface area contributed by atoms with Crippen LogP contribution in [0.2, 0.25) is 0 Å². The van der Waals surface area contributed by atoms with E-state index in [9.17, 15) is 10.3 Å². The number of allylic oxidation sites excluding steroid dienone is 1. The van der Waals surface area contributed by atoms with Gasteiger partial charge in [0.25, 0.3) is 0 Å². The number of rotatable bonds is 4. The van der Waals surface area contributed by atoms with Crippen molar-refractivity contribution in [1.82, 2.24) is 9.97 Å². The van der Waals surface area contributed by atoms with Crippen molar-refractivity contribution in [1.29, 1.82) is 5.26 Å². The van der Waals surface area contributed by atoms with Crippen molar-refractivity contribution in [3.8, 4) is 11.8 Å². The second-order valence-electron chi connectivity index (χ2n) is 7.73. The molecule has 1 saturated carbocycles. The highest BCUT2D eigenvalue weighted by Gasteiger charge is 2.26. The number of benzene rings is 1. The van der Waals surface area contributed by atoms with Crippen LogP contribution < -0.4 is 15.3 Å². The molecule has 0 spiro atoms. The minimum Gasteiger partial charge on any atom is -0.532 e. The van der Waals surface area contributed by atoms with Gasteiger partial charge < -0.3 is 20.3 Å². The van der Waals surface area contributed by atoms with Crippen molar-refractivity contribution in [2.75, 3.05) is 10.6 Å². The van der Waals surface area contributed by atoms with E-state index in [-0.39, 0.29) is 12.0 Å². The van der Waals surface area contributed by atoms with Gasteiger partial charge in [-0.2, -0.15) is 10.2 Å². The fourth-order valence-electron chi connectivity index (χ4n) is 3.79. The minimum atomic E-state index is -0.896. The van der Waals surface area contributed by atoms with Crippen LogP contribution in [-0.4, -0.2) is 28.2 Å². The molecule has 2 atom stereocenters. The summed E-state index contributed by atoms with van der Waals surface area (Å²) in [7, 11) is -0.896. The van der Waals surface area contributed by atoms with E-state index >= 15 is 0 Å². The van der Waals surface area contributed by atoms with Crippen LogP contribution in [0.15, 0.2) is 29.9 Å². The van der Waals surface area contributed by atoms with Crippen LogP contribution in [-0.2, 0) is 0 Å². The molecule has 1 aliphatic carbocycles. The third-order valence-corrected chi connectivity index (χ3v) is 5.50. The third kappa shape index (κ3) is 4.20. The highest BCUT2D eigenvalue weighted by atomic mass is 16.5. The summed E-state index contributed by atoms with van der Waals surface area (Å²) in [6, 6.07) is 8.17. The maximum atomic E-state index is 9.80. The molecule has 4 rings (SSSR count). The zero-order valence-corrected chi connectivity index (χ0v) is 16.6. The SMILES string of the molecule is CC1=Cc2cc(Nc3ncc(C)c(N[C@H]4CCCCC4C#N)n3)ccc2OB1O. The Kier molecular flexibility index (Phi) is 5.41. The van der Waals surface area contributed by atoms with Crippen molar-refractivity contribution < 1.29 is 9.68 Å². The Morgan fingerprint density at radius 2 is 2.10 bits per heavy atom. The van der Waals surface area contributed by atoms with Gasteiger partial charge >= 0.3 is 7.12 Å². The van der Waals surface area contributed by atoms with Crippen LogP contribution in [0.1, 0.15) is 43.7 Å². The van der Waals surface area contributed by atoms with E-state index in [2.05, 4.69) is 26.7 Å². The van der Waals surface area contributed by atoms with E-state index in [4.69, 9.17) is 4.65 Å². The number of hydrogen-bond acceptors (Lipinski definition) is 7. The topological polar surface area (TPSA) is 103 Å². The van der Waals surface area contributed by atoms with Gasteiger partial charge in [-0.1, -0.05) is 18.9 Å². The molecule has 2 heterocycles. The summed E-state index contributed by atoms with van der Waals surface area (Å²) in [5, 5.41) is 25.9. The Balaban J connectivity index is 1.53. The van der Waals surface area contributed by atoms with Crippen LogP contribution in [0.4, 0.5) is 17.5 Å². The van der Waals surface area contributed by atoms with Crippen molar-refractivity contribution in [3.05, 3.63) is 41.0 Å². The fourth-order valence-corrected chi connectivity index (χ4v) is 3.79. The molecule has 2 aromatic rings. The molecular weight excluding hydrogens is 365 g/mol. The highest BCUT2D eigenvalue weighted by Crippen LogP contribution is 2.31. The number of nitrogens with zero attached hydrogens (tertiary/aromatic N) is 3. The zero-order valence-electron chi connectivity index (χ0n) is 16.6. The summed E-state index contributed by atoms with van der Waals surface area (Å²) >= 11 is 0. The molecule has 0 bridgehead atoms. The molecule has 7 nitrogen and oxygen atoms in total. The van der Waals surface area contributed by atoms with E-state index in [1.807, 2.05) is 38.1 Å². The minimum absolute atomic E-state index is 0.0144. The van der Waals surface area contributed by atoms with Crippen molar-refractivity contribution in [2.24, 2.45) is 5.92 Å². The first-order chi connectivity index (χ1) is 14.0. The second-order valence-corrected chi connectivity index (χ2v) is 7.73. The first-order valence-electron chi connectivity index (χ1n) is 9.97. The van der Waals surface area contributed by atoms with E-state index in [1.165, 1.54) is 0 Å². The summed E-state index contributed by atoms with van der Waals surface area (Å²) in [5.74, 6) is 1.90. The number of aromatic nitrogens is 2. The molecule has 1 aliphatic heterocycles. The summed E-state index contributed by atoms with van der Waals surface area (Å²) in [5.41, 5.74) is 3.42. The number of fused-ring (bicyclic) bond motifs is 1. The van der Waals surface area contributed by atoms with Crippen LogP contribution in [0.5, 0.6) is 5.75 Å². The standard InChI is InChI=1S/C21H24BN5O2/c1-13-12-24-21(27-20(13)26-18-6-4-3-5-15(18)11-23)25-17-7-8-19-16(10-17)9-14(2)22(28)29-19/h7-10,12,15,18,28H,3-6H2,1-2H3,(H2,24,25,26,27)/t15?,18-/m0/s1. The molecule has 148 valence electrons. The quantitative estimate of drug-likeness (QED) is 0.683. The molecule has 3 N–H and O–H groups in total. The highest BCUT2D eigenvalue weighted by molar-refractivity contribution is 6.54. The van der Waals surface area contributed by atoms with Crippen LogP contribution in [0.25, 0.3) is 6.08 Å². The Bertz CT molecular complexity index is 988. The van der Waals surface area contributed by atoms with E-state index in [0.717, 1.165) is 53.8 Å². The van der Waals surface area contributed by atoms with Crippen LogP contribution >= 0.6 is 0 Å². The number of anilines is 3. The Labute approximate surface area is 171 Å². The summed E-state index contributed by atoms with van der Waals surface area (Å²) in [6.07, 6.45) is 7.84. The molecule has 2 aliphatic rings. The van der Waals surface area contributed by atoms with Gasteiger partial charge in [-0.15, -0.1) is 0 Å². The van der Waals surface area contributed by atoms with Gasteiger partial charge in [0.1, 0.15) is 11.6 Å². The lowest BCUT2D eigenvalue weighted by atomic mass is 9.76. The molecule has 1 aromatic heterocycles. The normalized spacial score (nSPS) is 20.8. The molecule has 1 aromatic carbocycles. The predicted molar refractivity (Wildman–Crippen MR) is 114 cm³/mol. The smallest absolute Gasteiger partial charge is 0.532 e. The molecule has 1 unspecified atom stereocenters. The Morgan fingerprint density at radius 3 is 2.93 bits per heavy atom. The van der Waals surface area contributed by atoms with Gasteiger partial charge in [0.15, 0.2) is 0 Å². The van der Waals surface area contributed by atoms with Crippen molar-refractivity contribution >= 4 is 30.6 Å². The molecular formula is C21H24BN5O2. The summed E-state index contributed by atoms with van der Waals surface area (Å²) in [6.45, 7) is 3.79. The predicted octanol–water partition coefficient (Wildman–Crippen LogP) is 3.84. The molecule has 8 heteroatoms. The molecule has 29 heavy (non-hydrogen) atoms. The number of nitrogens with one attached hydrogen (secondary N) is 2. The number of aryl methyl sites for hydroxylation is 1. The maximum absolute atomic E-state index is 9.80. The Hall–Kier alpha value is -3.05. The second kappa shape index (κ2) is 8.14. The first-order valence-corrected chi connectivity index (χ1v) is 9.97. The van der Waals surface area contributed by atoms with Gasteiger partial charge in [0, 0.05) is 29.1 Å². The van der Waals surface area contributed by atoms with Crippen molar-refractivity contribution in [3.63, 3.8) is 0 Å². The first kappa shape index (κ1) is 19.3. The lowest BCUT2D eigenvalue weighted by molar-refractivity contribution is 0.388. The van der Waals surface area contributed by atoms with Gasteiger partial charge in [-0.3, -0.25) is 0 Å². The van der Waals surface area contributed by atoms with Crippen LogP contribution in [0.3, 0.4) is 0 Å². The monoisotopic (exact) mass is 389 g/mol.